The molecule has 1 aromatic rings. The Hall–Kier alpha value is -1.54. The summed E-state index contributed by atoms with van der Waals surface area (Å²) in [7, 11) is -3.61. The summed E-state index contributed by atoms with van der Waals surface area (Å²) in [5, 5.41) is 10.8. The van der Waals surface area contributed by atoms with Gasteiger partial charge < -0.3 is 5.73 Å². The molecule has 0 bridgehead atoms. The van der Waals surface area contributed by atoms with Crippen LogP contribution in [0.1, 0.15) is 18.9 Å². The molecule has 0 aliphatic heterocycles. The smallest absolute Gasteiger partial charge is 0.273 e. The molecular weight excluding hydrogens is 275 g/mol. The van der Waals surface area contributed by atoms with Crippen molar-refractivity contribution in [1.29, 1.82) is 0 Å². The maximum Gasteiger partial charge on any atom is 0.273 e. The van der Waals surface area contributed by atoms with E-state index in [1.54, 1.807) is 6.92 Å². The highest BCUT2D eigenvalue weighted by Crippen LogP contribution is 2.22. The van der Waals surface area contributed by atoms with Crippen molar-refractivity contribution in [3.63, 3.8) is 0 Å². The third-order valence-electron chi connectivity index (χ3n) is 2.61. The molecule has 1 rings (SSSR count). The number of benzene rings is 1. The Morgan fingerprint density at radius 2 is 2.11 bits per heavy atom. The second-order valence-corrected chi connectivity index (χ2v) is 6.36. The summed E-state index contributed by atoms with van der Waals surface area (Å²) in [4.78, 5) is 10.0. The number of sulfone groups is 1. The Labute approximate surface area is 110 Å². The molecule has 0 spiro atoms. The molecule has 19 heavy (non-hydrogen) atoms. The van der Waals surface area contributed by atoms with E-state index in [1.165, 1.54) is 0 Å². The Bertz CT molecular complexity index is 574. The van der Waals surface area contributed by atoms with Gasteiger partial charge in [-0.2, -0.15) is 0 Å². The Morgan fingerprint density at radius 1 is 1.47 bits per heavy atom. The van der Waals surface area contributed by atoms with E-state index in [2.05, 4.69) is 0 Å². The first-order valence-electron chi connectivity index (χ1n) is 5.64. The van der Waals surface area contributed by atoms with E-state index in [-0.39, 0.29) is 11.3 Å². The molecule has 0 amide bonds. The summed E-state index contributed by atoms with van der Waals surface area (Å²) in [6.45, 7) is 1.74. The van der Waals surface area contributed by atoms with Gasteiger partial charge in [0.15, 0.2) is 9.84 Å². The number of nitro benzene ring substituents is 1. The topological polar surface area (TPSA) is 103 Å². The van der Waals surface area contributed by atoms with Crippen LogP contribution < -0.4 is 5.73 Å². The van der Waals surface area contributed by atoms with Gasteiger partial charge in [0, 0.05) is 17.7 Å². The van der Waals surface area contributed by atoms with E-state index in [9.17, 15) is 22.9 Å². The molecule has 8 heteroatoms. The van der Waals surface area contributed by atoms with Crippen molar-refractivity contribution < 1.29 is 17.7 Å². The molecule has 0 heterocycles. The third kappa shape index (κ3) is 4.56. The molecule has 0 aliphatic carbocycles. The highest BCUT2D eigenvalue weighted by Gasteiger charge is 2.22. The molecule has 1 aromatic carbocycles. The summed E-state index contributed by atoms with van der Waals surface area (Å²) < 4.78 is 36.7. The van der Waals surface area contributed by atoms with Gasteiger partial charge in [0.25, 0.3) is 5.69 Å². The first kappa shape index (κ1) is 15.5. The fourth-order valence-electron chi connectivity index (χ4n) is 1.59. The third-order valence-corrected chi connectivity index (χ3v) is 4.29. The van der Waals surface area contributed by atoms with E-state index in [1.807, 2.05) is 0 Å². The van der Waals surface area contributed by atoms with E-state index in [4.69, 9.17) is 5.73 Å². The lowest BCUT2D eigenvalue weighted by Gasteiger charge is -2.10. The van der Waals surface area contributed by atoms with Crippen LogP contribution in [-0.4, -0.2) is 25.1 Å². The van der Waals surface area contributed by atoms with Crippen molar-refractivity contribution in [3.8, 4) is 0 Å². The van der Waals surface area contributed by atoms with Crippen molar-refractivity contribution >= 4 is 15.5 Å². The Balaban J connectivity index is 3.04. The number of nitrogens with two attached hydrogens (primary N) is 1. The highest BCUT2D eigenvalue weighted by molar-refractivity contribution is 7.90. The van der Waals surface area contributed by atoms with Crippen LogP contribution in [0.3, 0.4) is 0 Å². The maximum atomic E-state index is 13.1. The lowest BCUT2D eigenvalue weighted by Crippen LogP contribution is -2.29. The van der Waals surface area contributed by atoms with Gasteiger partial charge in [0.1, 0.15) is 5.82 Å². The van der Waals surface area contributed by atoms with Gasteiger partial charge in [-0.05, 0) is 18.6 Å². The van der Waals surface area contributed by atoms with E-state index >= 15 is 0 Å². The van der Waals surface area contributed by atoms with Gasteiger partial charge in [0.05, 0.1) is 16.4 Å². The molecular formula is C11H15FN2O4S. The van der Waals surface area contributed by atoms with Crippen molar-refractivity contribution in [3.05, 3.63) is 39.7 Å². The van der Waals surface area contributed by atoms with E-state index < -0.39 is 38.1 Å². The van der Waals surface area contributed by atoms with Gasteiger partial charge in [-0.25, -0.2) is 12.8 Å². The Morgan fingerprint density at radius 3 is 2.63 bits per heavy atom. The largest absolute Gasteiger partial charge is 0.327 e. The zero-order chi connectivity index (χ0) is 14.6. The molecule has 2 N–H and O–H groups in total. The number of nitrogens with zero attached hydrogens (tertiary/aromatic N) is 1. The average Bonchev–Trinajstić information content (AvgIpc) is 2.27. The molecule has 6 nitrogen and oxygen atoms in total. The summed E-state index contributed by atoms with van der Waals surface area (Å²) in [6.07, 6.45) is 0.477. The normalized spacial score (nSPS) is 13.2. The fraction of sp³-hybridized carbons (Fsp3) is 0.455. The number of hydrogen-bond acceptors (Lipinski definition) is 5. The summed E-state index contributed by atoms with van der Waals surface area (Å²) in [6, 6.07) is 2.22. The summed E-state index contributed by atoms with van der Waals surface area (Å²) >= 11 is 0. The second kappa shape index (κ2) is 6.07. The predicted molar refractivity (Wildman–Crippen MR) is 68.8 cm³/mol. The molecule has 1 unspecified atom stereocenters. The highest BCUT2D eigenvalue weighted by atomic mass is 32.2. The molecule has 0 radical (unpaired) electrons. The first-order valence-corrected chi connectivity index (χ1v) is 7.46. The number of hydrogen-bond donors (Lipinski definition) is 1. The zero-order valence-electron chi connectivity index (χ0n) is 10.4. The van der Waals surface area contributed by atoms with Crippen molar-refractivity contribution in [1.82, 2.24) is 0 Å². The van der Waals surface area contributed by atoms with Crippen LogP contribution in [0.2, 0.25) is 0 Å². The minimum Gasteiger partial charge on any atom is -0.327 e. The van der Waals surface area contributed by atoms with Gasteiger partial charge >= 0.3 is 0 Å². The fourth-order valence-corrected chi connectivity index (χ4v) is 3.30. The van der Waals surface area contributed by atoms with Crippen LogP contribution in [-0.2, 0) is 15.6 Å². The lowest BCUT2D eigenvalue weighted by molar-refractivity contribution is -0.385. The number of rotatable bonds is 6. The maximum absolute atomic E-state index is 13.1. The quantitative estimate of drug-likeness (QED) is 0.629. The van der Waals surface area contributed by atoms with Gasteiger partial charge in [-0.1, -0.05) is 6.92 Å². The van der Waals surface area contributed by atoms with Crippen LogP contribution in [0.25, 0.3) is 0 Å². The monoisotopic (exact) mass is 290 g/mol. The zero-order valence-corrected chi connectivity index (χ0v) is 11.2. The molecule has 0 fully saturated rings. The minimum absolute atomic E-state index is 0.159. The lowest BCUT2D eigenvalue weighted by atomic mass is 10.2. The van der Waals surface area contributed by atoms with Gasteiger partial charge in [0.2, 0.25) is 0 Å². The number of halogens is 1. The molecule has 0 saturated carbocycles. The van der Waals surface area contributed by atoms with E-state index in [0.717, 1.165) is 18.2 Å². The summed E-state index contributed by atoms with van der Waals surface area (Å²) in [5.74, 6) is -1.58. The van der Waals surface area contributed by atoms with Crippen LogP contribution >= 0.6 is 0 Å². The molecule has 0 saturated heterocycles. The molecule has 1 atom stereocenters. The van der Waals surface area contributed by atoms with Crippen molar-refractivity contribution in [2.45, 2.75) is 25.1 Å². The molecule has 0 aromatic heterocycles. The van der Waals surface area contributed by atoms with Crippen molar-refractivity contribution in [2.24, 2.45) is 5.73 Å². The predicted octanol–water partition coefficient (Wildman–Crippen LogP) is 1.39. The molecule has 0 aliphatic rings. The Kier molecular flexibility index (Phi) is 4.96. The first-order chi connectivity index (χ1) is 8.75. The number of nitro groups is 1. The van der Waals surface area contributed by atoms with Crippen LogP contribution in [0.4, 0.5) is 10.1 Å². The van der Waals surface area contributed by atoms with Gasteiger partial charge in [-0.3, -0.25) is 10.1 Å². The van der Waals surface area contributed by atoms with Gasteiger partial charge in [-0.15, -0.1) is 0 Å². The van der Waals surface area contributed by atoms with Crippen molar-refractivity contribution in [2.75, 3.05) is 5.75 Å². The standard InChI is InChI=1S/C11H15FN2O4S/c1-2-10(13)7-19(17,18)6-8-5-9(12)3-4-11(8)14(15)16/h3-5,10H,2,6-7,13H2,1H3. The van der Waals surface area contributed by atoms with Crippen LogP contribution in [0.5, 0.6) is 0 Å². The summed E-state index contributed by atoms with van der Waals surface area (Å²) in [5.41, 5.74) is 4.99. The van der Waals surface area contributed by atoms with Crippen LogP contribution in [0, 0.1) is 15.9 Å². The molecule has 106 valence electrons. The van der Waals surface area contributed by atoms with Crippen LogP contribution in [0.15, 0.2) is 18.2 Å². The average molecular weight is 290 g/mol. The SMILES string of the molecule is CCC(N)CS(=O)(=O)Cc1cc(F)ccc1[N+](=O)[O-]. The minimum atomic E-state index is -3.61. The second-order valence-electron chi connectivity index (χ2n) is 4.25. The van der Waals surface area contributed by atoms with E-state index in [0.29, 0.717) is 6.42 Å².